The summed E-state index contributed by atoms with van der Waals surface area (Å²) in [6.07, 6.45) is 9.29. The van der Waals surface area contributed by atoms with Crippen molar-refractivity contribution in [1.82, 2.24) is 0 Å². The van der Waals surface area contributed by atoms with E-state index in [2.05, 4.69) is 6.92 Å². The van der Waals surface area contributed by atoms with Crippen molar-refractivity contribution in [3.05, 3.63) is 0 Å². The molecule has 2 bridgehead atoms. The van der Waals surface area contributed by atoms with E-state index in [1.54, 1.807) is 0 Å². The Kier molecular flexibility index (Phi) is 2.54. The van der Waals surface area contributed by atoms with E-state index in [4.69, 9.17) is 4.74 Å². The first-order chi connectivity index (χ1) is 6.68. The van der Waals surface area contributed by atoms with Gasteiger partial charge in [-0.15, -0.1) is 0 Å². The molecule has 2 heteroatoms. The van der Waals surface area contributed by atoms with Gasteiger partial charge in [-0.05, 0) is 55.8 Å². The maximum Gasteiger partial charge on any atom is 0.293 e. The molecule has 0 aliphatic heterocycles. The molecule has 0 radical (unpaired) electrons. The average Bonchev–Trinajstić information content (AvgIpc) is 2.21. The largest absolute Gasteiger partial charge is 0.468 e. The molecule has 14 heavy (non-hydrogen) atoms. The second-order valence-electron chi connectivity index (χ2n) is 5.53. The molecule has 3 rings (SSSR count). The van der Waals surface area contributed by atoms with Gasteiger partial charge in [0.2, 0.25) is 0 Å². The first kappa shape index (κ1) is 10.0. The molecule has 3 aliphatic rings. The van der Waals surface area contributed by atoms with Gasteiger partial charge in [-0.2, -0.15) is 0 Å². The number of hydrogen-bond donors (Lipinski definition) is 0. The van der Waals surface area contributed by atoms with Crippen LogP contribution in [0.15, 0.2) is 0 Å². The smallest absolute Gasteiger partial charge is 0.293 e. The van der Waals surface area contributed by atoms with E-state index in [0.29, 0.717) is 23.9 Å². The Morgan fingerprint density at radius 2 is 1.71 bits per heavy atom. The Bertz CT molecular complexity index is 198. The Morgan fingerprint density at radius 1 is 1.14 bits per heavy atom. The number of fused-ring (bicyclic) bond motifs is 3. The van der Waals surface area contributed by atoms with Gasteiger partial charge < -0.3 is 4.74 Å². The highest BCUT2D eigenvalue weighted by atomic mass is 16.5. The molecule has 0 amide bonds. The first-order valence-corrected chi connectivity index (χ1v) is 5.73. The van der Waals surface area contributed by atoms with E-state index in [0.717, 1.165) is 6.42 Å². The summed E-state index contributed by atoms with van der Waals surface area (Å²) in [6, 6.07) is 0. The standard InChI is InChI=1S/C12H20O2/c1-11-2-5-12(6-3-11,7-4-11)8-9-14-10-13/h10H,2-9H2,1H3. The zero-order valence-electron chi connectivity index (χ0n) is 9.05. The molecular formula is C12H20O2. The minimum Gasteiger partial charge on any atom is -0.468 e. The van der Waals surface area contributed by atoms with Crippen molar-refractivity contribution in [3.63, 3.8) is 0 Å². The van der Waals surface area contributed by atoms with Crippen molar-refractivity contribution in [1.29, 1.82) is 0 Å². The first-order valence-electron chi connectivity index (χ1n) is 5.73. The second-order valence-corrected chi connectivity index (χ2v) is 5.53. The van der Waals surface area contributed by atoms with Gasteiger partial charge in [0.15, 0.2) is 0 Å². The fourth-order valence-electron chi connectivity index (χ4n) is 3.15. The summed E-state index contributed by atoms with van der Waals surface area (Å²) < 4.78 is 4.82. The van der Waals surface area contributed by atoms with Crippen LogP contribution in [0.25, 0.3) is 0 Å². The zero-order chi connectivity index (χ0) is 10.1. The van der Waals surface area contributed by atoms with Gasteiger partial charge in [0, 0.05) is 0 Å². The van der Waals surface area contributed by atoms with Gasteiger partial charge in [-0.3, -0.25) is 4.79 Å². The molecule has 3 aliphatic carbocycles. The number of ether oxygens (including phenoxy) is 1. The lowest BCUT2D eigenvalue weighted by Gasteiger charge is -2.52. The van der Waals surface area contributed by atoms with Crippen molar-refractivity contribution in [2.45, 2.75) is 51.9 Å². The van der Waals surface area contributed by atoms with E-state index in [9.17, 15) is 4.79 Å². The van der Waals surface area contributed by atoms with Crippen molar-refractivity contribution in [3.8, 4) is 0 Å². The van der Waals surface area contributed by atoms with Gasteiger partial charge >= 0.3 is 0 Å². The normalized spacial score (nSPS) is 40.9. The fraction of sp³-hybridized carbons (Fsp3) is 0.917. The Balaban J connectivity index is 1.88. The molecule has 3 saturated carbocycles. The van der Waals surface area contributed by atoms with Gasteiger partial charge in [-0.1, -0.05) is 6.92 Å². The third kappa shape index (κ3) is 1.79. The van der Waals surface area contributed by atoms with Crippen LogP contribution in [0.3, 0.4) is 0 Å². The van der Waals surface area contributed by atoms with E-state index in [-0.39, 0.29) is 0 Å². The highest BCUT2D eigenvalue weighted by molar-refractivity contribution is 5.36. The fourth-order valence-corrected chi connectivity index (χ4v) is 3.15. The van der Waals surface area contributed by atoms with Crippen molar-refractivity contribution in [2.24, 2.45) is 10.8 Å². The van der Waals surface area contributed by atoms with Crippen LogP contribution in [0.4, 0.5) is 0 Å². The van der Waals surface area contributed by atoms with Crippen LogP contribution in [0.1, 0.15) is 51.9 Å². The second kappa shape index (κ2) is 3.56. The van der Waals surface area contributed by atoms with E-state index in [1.165, 1.54) is 38.5 Å². The summed E-state index contributed by atoms with van der Waals surface area (Å²) in [6.45, 7) is 3.63. The Hall–Kier alpha value is -0.530. The van der Waals surface area contributed by atoms with Gasteiger partial charge in [0.05, 0.1) is 6.61 Å². The molecule has 0 heterocycles. The topological polar surface area (TPSA) is 26.3 Å². The number of hydrogen-bond acceptors (Lipinski definition) is 2. The van der Waals surface area contributed by atoms with Gasteiger partial charge in [-0.25, -0.2) is 0 Å². The van der Waals surface area contributed by atoms with Gasteiger partial charge in [0.25, 0.3) is 6.47 Å². The van der Waals surface area contributed by atoms with Crippen molar-refractivity contribution < 1.29 is 9.53 Å². The lowest BCUT2D eigenvalue weighted by Crippen LogP contribution is -2.40. The molecule has 0 saturated heterocycles. The van der Waals surface area contributed by atoms with Crippen molar-refractivity contribution >= 4 is 6.47 Å². The molecule has 0 aromatic carbocycles. The lowest BCUT2D eigenvalue weighted by molar-refractivity contribution is -0.130. The molecule has 0 unspecified atom stereocenters. The summed E-state index contributed by atoms with van der Waals surface area (Å²) in [7, 11) is 0. The van der Waals surface area contributed by atoms with Crippen LogP contribution in [-0.2, 0) is 9.53 Å². The van der Waals surface area contributed by atoms with Crippen LogP contribution in [-0.4, -0.2) is 13.1 Å². The monoisotopic (exact) mass is 196 g/mol. The van der Waals surface area contributed by atoms with E-state index in [1.807, 2.05) is 0 Å². The lowest BCUT2D eigenvalue weighted by atomic mass is 9.53. The molecule has 0 spiro atoms. The summed E-state index contributed by atoms with van der Waals surface area (Å²) in [4.78, 5) is 10.1. The molecule has 80 valence electrons. The third-order valence-electron chi connectivity index (χ3n) is 4.59. The average molecular weight is 196 g/mol. The minimum absolute atomic E-state index is 0.529. The van der Waals surface area contributed by atoms with Crippen LogP contribution < -0.4 is 0 Å². The predicted octanol–water partition coefficient (Wildman–Crippen LogP) is 2.91. The quantitative estimate of drug-likeness (QED) is 0.510. The van der Waals surface area contributed by atoms with E-state index < -0.39 is 0 Å². The Labute approximate surface area is 86.0 Å². The van der Waals surface area contributed by atoms with Gasteiger partial charge in [0.1, 0.15) is 0 Å². The molecule has 0 atom stereocenters. The van der Waals surface area contributed by atoms with Crippen LogP contribution in [0.5, 0.6) is 0 Å². The summed E-state index contributed by atoms with van der Waals surface area (Å²) in [5.41, 5.74) is 1.17. The molecular weight excluding hydrogens is 176 g/mol. The highest BCUT2D eigenvalue weighted by Crippen LogP contribution is 2.57. The third-order valence-corrected chi connectivity index (χ3v) is 4.59. The molecule has 0 aromatic heterocycles. The molecule has 3 fully saturated rings. The highest BCUT2D eigenvalue weighted by Gasteiger charge is 2.45. The van der Waals surface area contributed by atoms with E-state index >= 15 is 0 Å². The number of carbonyl (C=O) groups excluding carboxylic acids is 1. The van der Waals surface area contributed by atoms with Crippen LogP contribution in [0.2, 0.25) is 0 Å². The SMILES string of the molecule is CC12CCC(CCOC=O)(CC1)CC2. The number of rotatable bonds is 4. The molecule has 0 aromatic rings. The molecule has 0 N–H and O–H groups in total. The minimum atomic E-state index is 0.529. The maximum absolute atomic E-state index is 10.1. The zero-order valence-corrected chi connectivity index (χ0v) is 9.05. The summed E-state index contributed by atoms with van der Waals surface area (Å²) in [5, 5.41) is 0. The van der Waals surface area contributed by atoms with Crippen LogP contribution >= 0.6 is 0 Å². The summed E-state index contributed by atoms with van der Waals surface area (Å²) >= 11 is 0. The van der Waals surface area contributed by atoms with Crippen molar-refractivity contribution in [2.75, 3.05) is 6.61 Å². The predicted molar refractivity (Wildman–Crippen MR) is 54.9 cm³/mol. The maximum atomic E-state index is 10.1. The summed E-state index contributed by atoms with van der Waals surface area (Å²) in [5.74, 6) is 0. The van der Waals surface area contributed by atoms with Crippen LogP contribution in [0, 0.1) is 10.8 Å². The Morgan fingerprint density at radius 3 is 2.21 bits per heavy atom. The number of carbonyl (C=O) groups is 1. The molecule has 2 nitrogen and oxygen atoms in total.